The van der Waals surface area contributed by atoms with Crippen molar-refractivity contribution in [2.24, 2.45) is 0 Å². The zero-order chi connectivity index (χ0) is 8.15. The maximum Gasteiger partial charge on any atom is 0.357 e. The van der Waals surface area contributed by atoms with Gasteiger partial charge in [-0.25, -0.2) is 4.79 Å². The molecule has 0 rings (SSSR count). The molecule has 0 aliphatic carbocycles. The highest BCUT2D eigenvalue weighted by Gasteiger charge is 2.10. The summed E-state index contributed by atoms with van der Waals surface area (Å²) in [6.07, 6.45) is 0. The molecule has 0 fully saturated rings. The maximum atomic E-state index is 10.1. The Morgan fingerprint density at radius 1 is 1.80 bits per heavy atom. The second-order valence-corrected chi connectivity index (χ2v) is 1.54. The van der Waals surface area contributed by atoms with Crippen LogP contribution in [0.5, 0.6) is 0 Å². The topological polar surface area (TPSA) is 70.4 Å². The minimum absolute atomic E-state index is 0.102. The summed E-state index contributed by atoms with van der Waals surface area (Å²) in [6, 6.07) is 0. The fraction of sp³-hybridized carbons (Fsp3) is 0.333. The van der Waals surface area contributed by atoms with Crippen molar-refractivity contribution in [1.29, 1.82) is 5.41 Å². The second-order valence-electron chi connectivity index (χ2n) is 1.54. The van der Waals surface area contributed by atoms with Gasteiger partial charge in [0.1, 0.15) is 5.76 Å². The Kier molecular flexibility index (Phi) is 3.17. The standard InChI is InChI=1S/C6H9NO3/c1-3-10-4(2)5(7)6(8)9/h7H,2-3H2,1H3,(H,8,9). The quantitative estimate of drug-likeness (QED) is 0.448. The molecule has 0 amide bonds. The minimum atomic E-state index is -1.32. The summed E-state index contributed by atoms with van der Waals surface area (Å²) in [5, 5.41) is 15.0. The fourth-order valence-corrected chi connectivity index (χ4v) is 0.366. The predicted molar refractivity (Wildman–Crippen MR) is 36.1 cm³/mol. The normalized spacial score (nSPS) is 8.50. The van der Waals surface area contributed by atoms with Crippen molar-refractivity contribution in [2.75, 3.05) is 6.61 Å². The van der Waals surface area contributed by atoms with Gasteiger partial charge in [0, 0.05) is 0 Å². The predicted octanol–water partition coefficient (Wildman–Crippen LogP) is 0.641. The third-order valence-electron chi connectivity index (χ3n) is 0.811. The molecule has 0 unspecified atom stereocenters. The van der Waals surface area contributed by atoms with E-state index in [0.29, 0.717) is 6.61 Å². The Hall–Kier alpha value is -1.32. The summed E-state index contributed by atoms with van der Waals surface area (Å²) in [4.78, 5) is 10.1. The van der Waals surface area contributed by atoms with Gasteiger partial charge >= 0.3 is 5.97 Å². The molecule has 10 heavy (non-hydrogen) atoms. The summed E-state index contributed by atoms with van der Waals surface area (Å²) >= 11 is 0. The van der Waals surface area contributed by atoms with Crippen molar-refractivity contribution in [2.45, 2.75) is 6.92 Å². The van der Waals surface area contributed by atoms with E-state index in [1.54, 1.807) is 6.92 Å². The maximum absolute atomic E-state index is 10.1. The van der Waals surface area contributed by atoms with E-state index < -0.39 is 11.7 Å². The van der Waals surface area contributed by atoms with Crippen LogP contribution < -0.4 is 0 Å². The van der Waals surface area contributed by atoms with Crippen molar-refractivity contribution in [3.8, 4) is 0 Å². The first-order valence-corrected chi connectivity index (χ1v) is 2.73. The Labute approximate surface area is 58.6 Å². The molecule has 0 aromatic heterocycles. The van der Waals surface area contributed by atoms with Gasteiger partial charge in [-0.2, -0.15) is 0 Å². The van der Waals surface area contributed by atoms with E-state index in [9.17, 15) is 4.79 Å². The molecule has 0 aromatic rings. The van der Waals surface area contributed by atoms with E-state index in [-0.39, 0.29) is 5.76 Å². The number of carboxylic acids is 1. The molecular formula is C6H9NO3. The van der Waals surface area contributed by atoms with Crippen molar-refractivity contribution >= 4 is 11.7 Å². The zero-order valence-corrected chi connectivity index (χ0v) is 5.68. The number of hydrogen-bond donors (Lipinski definition) is 2. The molecule has 0 heterocycles. The molecule has 2 N–H and O–H groups in total. The first-order valence-electron chi connectivity index (χ1n) is 2.73. The number of carbonyl (C=O) groups is 1. The van der Waals surface area contributed by atoms with Gasteiger partial charge in [0.15, 0.2) is 5.71 Å². The van der Waals surface area contributed by atoms with Gasteiger partial charge < -0.3 is 9.84 Å². The summed E-state index contributed by atoms with van der Waals surface area (Å²) < 4.78 is 4.67. The summed E-state index contributed by atoms with van der Waals surface area (Å²) in [6.45, 7) is 5.26. The van der Waals surface area contributed by atoms with Crippen molar-refractivity contribution in [3.05, 3.63) is 12.3 Å². The molecule has 56 valence electrons. The first-order chi connectivity index (χ1) is 4.59. The molecule has 0 saturated carbocycles. The van der Waals surface area contributed by atoms with Gasteiger partial charge in [0.2, 0.25) is 0 Å². The third-order valence-corrected chi connectivity index (χ3v) is 0.811. The Morgan fingerprint density at radius 2 is 2.30 bits per heavy atom. The second kappa shape index (κ2) is 3.66. The van der Waals surface area contributed by atoms with E-state index >= 15 is 0 Å². The third kappa shape index (κ3) is 2.30. The van der Waals surface area contributed by atoms with Crippen LogP contribution in [0, 0.1) is 5.41 Å². The number of rotatable bonds is 4. The molecule has 0 spiro atoms. The van der Waals surface area contributed by atoms with Crippen LogP contribution in [0.1, 0.15) is 6.92 Å². The van der Waals surface area contributed by atoms with Crippen molar-refractivity contribution in [1.82, 2.24) is 0 Å². The van der Waals surface area contributed by atoms with Gasteiger partial charge in [0.25, 0.3) is 0 Å². The van der Waals surface area contributed by atoms with Crippen LogP contribution in [0.3, 0.4) is 0 Å². The Balaban J connectivity index is 3.96. The molecular weight excluding hydrogens is 134 g/mol. The van der Waals surface area contributed by atoms with E-state index in [1.165, 1.54) is 0 Å². The lowest BCUT2D eigenvalue weighted by molar-refractivity contribution is -0.129. The molecule has 4 heteroatoms. The Bertz CT molecular complexity index is 174. The summed E-state index contributed by atoms with van der Waals surface area (Å²) in [5.74, 6) is -1.42. The van der Waals surface area contributed by atoms with Crippen LogP contribution in [-0.2, 0) is 9.53 Å². The fourth-order valence-electron chi connectivity index (χ4n) is 0.366. The lowest BCUT2D eigenvalue weighted by atomic mass is 10.3. The van der Waals surface area contributed by atoms with Crippen LogP contribution in [0.2, 0.25) is 0 Å². The molecule has 0 atom stereocenters. The minimum Gasteiger partial charge on any atom is -0.492 e. The SMILES string of the molecule is C=C(OCC)C(=N)C(=O)O. The average molecular weight is 143 g/mol. The van der Waals surface area contributed by atoms with Gasteiger partial charge in [-0.1, -0.05) is 6.58 Å². The van der Waals surface area contributed by atoms with E-state index in [1.807, 2.05) is 0 Å². The largest absolute Gasteiger partial charge is 0.492 e. The van der Waals surface area contributed by atoms with Crippen LogP contribution in [0.15, 0.2) is 12.3 Å². The molecule has 4 nitrogen and oxygen atoms in total. The van der Waals surface area contributed by atoms with Crippen molar-refractivity contribution in [3.63, 3.8) is 0 Å². The lowest BCUT2D eigenvalue weighted by Gasteiger charge is -2.02. The number of nitrogens with one attached hydrogen (secondary N) is 1. The number of carboxylic acid groups (broad SMARTS) is 1. The van der Waals surface area contributed by atoms with E-state index in [0.717, 1.165) is 0 Å². The number of aliphatic carboxylic acids is 1. The van der Waals surface area contributed by atoms with Crippen LogP contribution in [0.25, 0.3) is 0 Å². The average Bonchev–Trinajstić information content (AvgIpc) is 1.87. The van der Waals surface area contributed by atoms with E-state index in [2.05, 4.69) is 11.3 Å². The zero-order valence-electron chi connectivity index (χ0n) is 5.68. The molecule has 0 radical (unpaired) electrons. The van der Waals surface area contributed by atoms with Gasteiger partial charge in [-0.05, 0) is 6.92 Å². The van der Waals surface area contributed by atoms with Crippen LogP contribution >= 0.6 is 0 Å². The lowest BCUT2D eigenvalue weighted by Crippen LogP contribution is -2.15. The van der Waals surface area contributed by atoms with Gasteiger partial charge in [0.05, 0.1) is 6.61 Å². The van der Waals surface area contributed by atoms with E-state index in [4.69, 9.17) is 10.5 Å². The number of hydrogen-bond acceptors (Lipinski definition) is 3. The first kappa shape index (κ1) is 8.68. The highest BCUT2D eigenvalue weighted by Crippen LogP contribution is 1.94. The summed E-state index contributed by atoms with van der Waals surface area (Å²) in [5.41, 5.74) is -0.596. The molecule has 0 aliphatic heterocycles. The van der Waals surface area contributed by atoms with Crippen LogP contribution in [-0.4, -0.2) is 23.4 Å². The molecule has 0 aromatic carbocycles. The highest BCUT2D eigenvalue weighted by molar-refractivity contribution is 6.40. The number of ether oxygens (including phenoxy) is 1. The smallest absolute Gasteiger partial charge is 0.357 e. The van der Waals surface area contributed by atoms with Crippen molar-refractivity contribution < 1.29 is 14.6 Å². The highest BCUT2D eigenvalue weighted by atomic mass is 16.5. The monoisotopic (exact) mass is 143 g/mol. The Morgan fingerprint density at radius 3 is 2.60 bits per heavy atom. The molecule has 0 aliphatic rings. The van der Waals surface area contributed by atoms with Gasteiger partial charge in [-0.15, -0.1) is 0 Å². The van der Waals surface area contributed by atoms with Gasteiger partial charge in [-0.3, -0.25) is 5.41 Å². The molecule has 0 saturated heterocycles. The van der Waals surface area contributed by atoms with Crippen LogP contribution in [0.4, 0.5) is 0 Å². The molecule has 0 bridgehead atoms. The summed E-state index contributed by atoms with van der Waals surface area (Å²) in [7, 11) is 0.